The van der Waals surface area contributed by atoms with E-state index in [-0.39, 0.29) is 11.8 Å². The molecule has 0 atom stereocenters. The minimum atomic E-state index is 0.156. The average Bonchev–Trinajstić information content (AvgIpc) is 3.11. The topological polar surface area (TPSA) is 58.1 Å². The van der Waals surface area contributed by atoms with Crippen molar-refractivity contribution < 1.29 is 4.79 Å². The summed E-state index contributed by atoms with van der Waals surface area (Å²) in [6.07, 6.45) is 9.62. The number of fused-ring (bicyclic) bond motifs is 1. The van der Waals surface area contributed by atoms with E-state index in [1.165, 1.54) is 19.3 Å². The van der Waals surface area contributed by atoms with E-state index in [0.717, 1.165) is 54.8 Å². The number of amides is 1. The van der Waals surface area contributed by atoms with E-state index in [4.69, 9.17) is 0 Å². The first-order valence-electron chi connectivity index (χ1n) is 9.05. The highest BCUT2D eigenvalue weighted by molar-refractivity contribution is 7.16. The number of nitrogens with zero attached hydrogens (tertiary/aromatic N) is 3. The van der Waals surface area contributed by atoms with Crippen LogP contribution in [0.3, 0.4) is 0 Å². The summed E-state index contributed by atoms with van der Waals surface area (Å²) in [7, 11) is 0. The molecule has 0 unspecified atom stereocenters. The molecule has 4 rings (SSSR count). The molecule has 0 spiro atoms. The molecule has 1 aliphatic heterocycles. The Bertz CT molecular complexity index is 702. The van der Waals surface area contributed by atoms with Gasteiger partial charge in [0.15, 0.2) is 0 Å². The number of anilines is 1. The summed E-state index contributed by atoms with van der Waals surface area (Å²) >= 11 is 1.65. The van der Waals surface area contributed by atoms with Gasteiger partial charge in [0.2, 0.25) is 5.91 Å². The zero-order valence-electron chi connectivity index (χ0n) is 13.9. The lowest BCUT2D eigenvalue weighted by molar-refractivity contribution is -0.126. The van der Waals surface area contributed by atoms with Crippen molar-refractivity contribution in [2.45, 2.75) is 51.0 Å². The van der Waals surface area contributed by atoms with Crippen LogP contribution in [0, 0.1) is 5.92 Å². The second kappa shape index (κ2) is 7.05. The lowest BCUT2D eigenvalue weighted by Gasteiger charge is -2.33. The summed E-state index contributed by atoms with van der Waals surface area (Å²) in [6.45, 7) is 1.79. The van der Waals surface area contributed by atoms with Crippen molar-refractivity contribution in [2.24, 2.45) is 5.92 Å². The van der Waals surface area contributed by atoms with Crippen molar-refractivity contribution in [3.63, 3.8) is 0 Å². The standard InChI is InChI=1S/C18H24N4OS/c23-17(21-14-4-2-1-3-5-14)13-6-9-22(10-7-13)16-15-8-11-24-18(15)20-12-19-16/h8,11-14H,1-7,9-10H2,(H,21,23). The van der Waals surface area contributed by atoms with Crippen LogP contribution in [0.25, 0.3) is 10.2 Å². The molecule has 2 fully saturated rings. The third kappa shape index (κ3) is 3.24. The van der Waals surface area contributed by atoms with Gasteiger partial charge in [-0.2, -0.15) is 0 Å². The number of hydrogen-bond acceptors (Lipinski definition) is 5. The van der Waals surface area contributed by atoms with E-state index < -0.39 is 0 Å². The van der Waals surface area contributed by atoms with Gasteiger partial charge in [-0.15, -0.1) is 11.3 Å². The fourth-order valence-electron chi connectivity index (χ4n) is 3.95. The molecule has 3 heterocycles. The Morgan fingerprint density at radius 2 is 1.92 bits per heavy atom. The van der Waals surface area contributed by atoms with Crippen molar-refractivity contribution >= 4 is 33.3 Å². The Morgan fingerprint density at radius 3 is 2.71 bits per heavy atom. The van der Waals surface area contributed by atoms with Crippen LogP contribution in [0.2, 0.25) is 0 Å². The molecule has 0 bridgehead atoms. The predicted molar refractivity (Wildman–Crippen MR) is 97.4 cm³/mol. The minimum Gasteiger partial charge on any atom is -0.356 e. The molecule has 1 N–H and O–H groups in total. The van der Waals surface area contributed by atoms with Crippen LogP contribution in [0.4, 0.5) is 5.82 Å². The van der Waals surface area contributed by atoms with Crippen molar-refractivity contribution in [1.82, 2.24) is 15.3 Å². The average molecular weight is 344 g/mol. The van der Waals surface area contributed by atoms with E-state index in [0.29, 0.717) is 6.04 Å². The van der Waals surface area contributed by atoms with Gasteiger partial charge in [-0.1, -0.05) is 19.3 Å². The Hall–Kier alpha value is -1.69. The first-order valence-corrected chi connectivity index (χ1v) is 9.93. The summed E-state index contributed by atoms with van der Waals surface area (Å²) in [5, 5.41) is 6.48. The highest BCUT2D eigenvalue weighted by Crippen LogP contribution is 2.30. The van der Waals surface area contributed by atoms with Crippen LogP contribution in [0.15, 0.2) is 17.8 Å². The number of piperidine rings is 1. The fraction of sp³-hybridized carbons (Fsp3) is 0.611. The van der Waals surface area contributed by atoms with Crippen LogP contribution in [0.1, 0.15) is 44.9 Å². The van der Waals surface area contributed by atoms with Gasteiger partial charge in [0, 0.05) is 25.0 Å². The molecule has 2 aliphatic rings. The molecule has 1 saturated heterocycles. The molecule has 128 valence electrons. The Labute approximate surface area is 146 Å². The Morgan fingerprint density at radius 1 is 1.12 bits per heavy atom. The molecule has 2 aromatic rings. The summed E-state index contributed by atoms with van der Waals surface area (Å²) in [5.74, 6) is 1.44. The van der Waals surface area contributed by atoms with E-state index in [9.17, 15) is 4.79 Å². The molecule has 6 heteroatoms. The Kier molecular flexibility index (Phi) is 4.65. The quantitative estimate of drug-likeness (QED) is 0.927. The summed E-state index contributed by atoms with van der Waals surface area (Å²) in [6, 6.07) is 2.51. The summed E-state index contributed by atoms with van der Waals surface area (Å²) < 4.78 is 0. The second-order valence-electron chi connectivity index (χ2n) is 6.94. The van der Waals surface area contributed by atoms with E-state index in [1.54, 1.807) is 17.7 Å². The van der Waals surface area contributed by atoms with Crippen LogP contribution in [0.5, 0.6) is 0 Å². The monoisotopic (exact) mass is 344 g/mol. The van der Waals surface area contributed by atoms with Crippen LogP contribution in [-0.4, -0.2) is 35.0 Å². The normalized spacial score (nSPS) is 20.4. The van der Waals surface area contributed by atoms with Gasteiger partial charge in [-0.3, -0.25) is 4.79 Å². The highest BCUT2D eigenvalue weighted by Gasteiger charge is 2.28. The Balaban J connectivity index is 1.36. The molecule has 1 aliphatic carbocycles. The van der Waals surface area contributed by atoms with Crippen molar-refractivity contribution in [2.75, 3.05) is 18.0 Å². The molecule has 24 heavy (non-hydrogen) atoms. The van der Waals surface area contributed by atoms with Gasteiger partial charge in [0.05, 0.1) is 5.39 Å². The number of aromatic nitrogens is 2. The maximum atomic E-state index is 12.5. The third-order valence-electron chi connectivity index (χ3n) is 5.36. The molecular formula is C18H24N4OS. The van der Waals surface area contributed by atoms with Gasteiger partial charge >= 0.3 is 0 Å². The highest BCUT2D eigenvalue weighted by atomic mass is 32.1. The molecular weight excluding hydrogens is 320 g/mol. The fourth-order valence-corrected chi connectivity index (χ4v) is 4.68. The zero-order valence-corrected chi connectivity index (χ0v) is 14.7. The lowest BCUT2D eigenvalue weighted by atomic mass is 9.92. The van der Waals surface area contributed by atoms with Crippen LogP contribution in [-0.2, 0) is 4.79 Å². The van der Waals surface area contributed by atoms with Gasteiger partial charge in [0.1, 0.15) is 17.0 Å². The molecule has 2 aromatic heterocycles. The zero-order chi connectivity index (χ0) is 16.4. The third-order valence-corrected chi connectivity index (χ3v) is 6.18. The maximum absolute atomic E-state index is 12.5. The number of rotatable bonds is 3. The largest absolute Gasteiger partial charge is 0.356 e. The molecule has 1 amide bonds. The predicted octanol–water partition coefficient (Wildman–Crippen LogP) is 3.36. The van der Waals surface area contributed by atoms with E-state index in [2.05, 4.69) is 31.6 Å². The first kappa shape index (κ1) is 15.8. The maximum Gasteiger partial charge on any atom is 0.223 e. The van der Waals surface area contributed by atoms with Crippen molar-refractivity contribution in [3.05, 3.63) is 17.8 Å². The molecule has 5 nitrogen and oxygen atoms in total. The molecule has 0 aromatic carbocycles. The SMILES string of the molecule is O=C(NC1CCCCC1)C1CCN(c2ncnc3sccc23)CC1. The second-order valence-corrected chi connectivity index (χ2v) is 7.84. The van der Waals surface area contributed by atoms with E-state index in [1.807, 2.05) is 0 Å². The van der Waals surface area contributed by atoms with Gasteiger partial charge in [-0.25, -0.2) is 9.97 Å². The minimum absolute atomic E-state index is 0.156. The first-order chi connectivity index (χ1) is 11.8. The summed E-state index contributed by atoms with van der Waals surface area (Å²) in [5.41, 5.74) is 0. The number of hydrogen-bond donors (Lipinski definition) is 1. The molecule has 0 radical (unpaired) electrons. The number of carbonyl (C=O) groups is 1. The van der Waals surface area contributed by atoms with Crippen molar-refractivity contribution in [3.8, 4) is 0 Å². The number of thiophene rings is 1. The van der Waals surface area contributed by atoms with Gasteiger partial charge in [-0.05, 0) is 37.1 Å². The van der Waals surface area contributed by atoms with E-state index >= 15 is 0 Å². The number of carbonyl (C=O) groups excluding carboxylic acids is 1. The van der Waals surface area contributed by atoms with Crippen LogP contribution >= 0.6 is 11.3 Å². The van der Waals surface area contributed by atoms with Gasteiger partial charge in [0.25, 0.3) is 0 Å². The lowest BCUT2D eigenvalue weighted by Crippen LogP contribution is -2.44. The summed E-state index contributed by atoms with van der Waals surface area (Å²) in [4.78, 5) is 24.7. The smallest absolute Gasteiger partial charge is 0.223 e. The van der Waals surface area contributed by atoms with Gasteiger partial charge < -0.3 is 10.2 Å². The number of nitrogens with one attached hydrogen (secondary N) is 1. The van der Waals surface area contributed by atoms with Crippen molar-refractivity contribution in [1.29, 1.82) is 0 Å². The van der Waals surface area contributed by atoms with Crippen LogP contribution < -0.4 is 10.2 Å². The molecule has 1 saturated carbocycles.